The van der Waals surface area contributed by atoms with Crippen molar-refractivity contribution in [1.29, 1.82) is 0 Å². The number of oxazole rings is 1. The summed E-state index contributed by atoms with van der Waals surface area (Å²) in [4.78, 5) is 14.3. The number of unbranched alkanes of at least 4 members (excludes halogenated alkanes) is 1. The van der Waals surface area contributed by atoms with E-state index in [1.807, 2.05) is 12.1 Å². The van der Waals surface area contributed by atoms with Crippen LogP contribution in [0.25, 0.3) is 11.5 Å². The van der Waals surface area contributed by atoms with E-state index in [9.17, 15) is 0 Å². The Balaban J connectivity index is 1.59. The molecule has 0 saturated carbocycles. The van der Waals surface area contributed by atoms with Gasteiger partial charge >= 0.3 is 0 Å². The molecule has 9 nitrogen and oxygen atoms in total. The molecular weight excluding hydrogens is 392 g/mol. The Morgan fingerprint density at radius 2 is 2.14 bits per heavy atom. The normalized spacial score (nSPS) is 14.4. The molecule has 2 aliphatic heterocycles. The van der Waals surface area contributed by atoms with Crippen LogP contribution in [-0.2, 0) is 6.54 Å². The van der Waals surface area contributed by atoms with Gasteiger partial charge in [0, 0.05) is 11.4 Å². The standard InChI is InChI=1S/C19H20N6O3S/c1-2-3-5-25-17-15(16(20)22-9-23-17)24-19(25)29-14-8-13-12(27-10-28-13)7-11(14)18-21-4-6-26-18/h4,6-8,23H,2-3,5,9-10H2,1H3,(H2,20,22). The first-order valence-electron chi connectivity index (χ1n) is 9.40. The van der Waals surface area contributed by atoms with E-state index in [0.717, 1.165) is 40.8 Å². The van der Waals surface area contributed by atoms with Crippen molar-refractivity contribution in [3.8, 4) is 23.0 Å². The molecule has 150 valence electrons. The zero-order chi connectivity index (χ0) is 19.8. The number of aliphatic imine (C=N–C) groups is 1. The van der Waals surface area contributed by atoms with Crippen molar-refractivity contribution in [2.45, 2.75) is 36.4 Å². The lowest BCUT2D eigenvalue weighted by Gasteiger charge is -2.15. The van der Waals surface area contributed by atoms with E-state index in [0.29, 0.717) is 35.6 Å². The highest BCUT2D eigenvalue weighted by Gasteiger charge is 2.26. The zero-order valence-corrected chi connectivity index (χ0v) is 16.7. The Labute approximate surface area is 171 Å². The van der Waals surface area contributed by atoms with Gasteiger partial charge in [-0.15, -0.1) is 0 Å². The van der Waals surface area contributed by atoms with E-state index in [2.05, 4.69) is 26.8 Å². The summed E-state index contributed by atoms with van der Waals surface area (Å²) in [5.41, 5.74) is 7.60. The van der Waals surface area contributed by atoms with Gasteiger partial charge in [0.2, 0.25) is 12.7 Å². The van der Waals surface area contributed by atoms with Crippen molar-refractivity contribution in [3.63, 3.8) is 0 Å². The van der Waals surface area contributed by atoms with Crippen molar-refractivity contribution in [1.82, 2.24) is 14.5 Å². The highest BCUT2D eigenvalue weighted by atomic mass is 32.2. The maximum atomic E-state index is 6.09. The molecule has 0 fully saturated rings. The summed E-state index contributed by atoms with van der Waals surface area (Å²) >= 11 is 1.52. The SMILES string of the molecule is CCCCn1c(Sc2cc3c(cc2-c2ncco2)OCO3)nc2c1NCN=C2N. The minimum Gasteiger partial charge on any atom is -0.454 e. The fourth-order valence-corrected chi connectivity index (χ4v) is 4.34. The molecule has 0 aliphatic carbocycles. The van der Waals surface area contributed by atoms with Crippen LogP contribution in [0.3, 0.4) is 0 Å². The average Bonchev–Trinajstić information content (AvgIpc) is 3.46. The number of nitrogens with zero attached hydrogens (tertiary/aromatic N) is 4. The number of aromatic nitrogens is 3. The largest absolute Gasteiger partial charge is 0.454 e. The van der Waals surface area contributed by atoms with Gasteiger partial charge in [-0.25, -0.2) is 15.0 Å². The predicted molar refractivity (Wildman–Crippen MR) is 109 cm³/mol. The van der Waals surface area contributed by atoms with Crippen LogP contribution in [0.4, 0.5) is 5.82 Å². The van der Waals surface area contributed by atoms with Gasteiger partial charge in [-0.05, 0) is 18.6 Å². The Morgan fingerprint density at radius 3 is 2.93 bits per heavy atom. The fraction of sp³-hybridized carbons (Fsp3) is 0.316. The molecule has 0 atom stereocenters. The van der Waals surface area contributed by atoms with Crippen molar-refractivity contribution in [2.24, 2.45) is 10.7 Å². The van der Waals surface area contributed by atoms with Crippen molar-refractivity contribution < 1.29 is 13.9 Å². The Morgan fingerprint density at radius 1 is 1.28 bits per heavy atom. The molecule has 0 bridgehead atoms. The van der Waals surface area contributed by atoms with E-state index in [1.54, 1.807) is 12.5 Å². The summed E-state index contributed by atoms with van der Waals surface area (Å²) in [7, 11) is 0. The van der Waals surface area contributed by atoms with Gasteiger partial charge < -0.3 is 29.5 Å². The minimum atomic E-state index is 0.199. The number of hydrogen-bond acceptors (Lipinski definition) is 9. The Kier molecular flexibility index (Phi) is 4.55. The molecule has 3 N–H and O–H groups in total. The second-order valence-electron chi connectivity index (χ2n) is 6.62. The minimum absolute atomic E-state index is 0.199. The second-order valence-corrected chi connectivity index (χ2v) is 7.63. The summed E-state index contributed by atoms with van der Waals surface area (Å²) < 4.78 is 18.8. The third kappa shape index (κ3) is 3.19. The molecule has 0 radical (unpaired) electrons. The molecule has 5 rings (SSSR count). The van der Waals surface area contributed by atoms with Gasteiger partial charge in [0.15, 0.2) is 16.7 Å². The first-order chi connectivity index (χ1) is 14.2. The first kappa shape index (κ1) is 17.9. The van der Waals surface area contributed by atoms with Gasteiger partial charge in [0.25, 0.3) is 0 Å². The van der Waals surface area contributed by atoms with E-state index >= 15 is 0 Å². The van der Waals surface area contributed by atoms with Gasteiger partial charge in [-0.2, -0.15) is 0 Å². The summed E-state index contributed by atoms with van der Waals surface area (Å²) in [5.74, 6) is 3.25. The van der Waals surface area contributed by atoms with Crippen LogP contribution < -0.4 is 20.5 Å². The number of amidine groups is 1. The van der Waals surface area contributed by atoms with Crippen molar-refractivity contribution >= 4 is 23.4 Å². The lowest BCUT2D eigenvalue weighted by Crippen LogP contribution is -2.23. The van der Waals surface area contributed by atoms with Crippen LogP contribution in [0.2, 0.25) is 0 Å². The predicted octanol–water partition coefficient (Wildman–Crippen LogP) is 3.31. The lowest BCUT2D eigenvalue weighted by molar-refractivity contribution is 0.174. The molecule has 0 unspecified atom stereocenters. The van der Waals surface area contributed by atoms with Gasteiger partial charge in [0.05, 0.1) is 11.8 Å². The molecule has 0 saturated heterocycles. The molecule has 4 heterocycles. The molecule has 0 spiro atoms. The third-order valence-electron chi connectivity index (χ3n) is 4.75. The molecule has 1 aromatic carbocycles. The quantitative estimate of drug-likeness (QED) is 0.634. The van der Waals surface area contributed by atoms with Crippen LogP contribution in [0.5, 0.6) is 11.5 Å². The van der Waals surface area contributed by atoms with Crippen LogP contribution in [0.15, 0.2) is 44.1 Å². The number of nitrogens with one attached hydrogen (secondary N) is 1. The molecule has 2 aliphatic rings. The number of benzene rings is 1. The smallest absolute Gasteiger partial charge is 0.231 e. The summed E-state index contributed by atoms with van der Waals surface area (Å²) in [5, 5.41) is 4.13. The van der Waals surface area contributed by atoms with Crippen LogP contribution in [-0.4, -0.2) is 33.8 Å². The van der Waals surface area contributed by atoms with Crippen molar-refractivity contribution in [3.05, 3.63) is 30.3 Å². The van der Waals surface area contributed by atoms with E-state index in [4.69, 9.17) is 24.6 Å². The summed E-state index contributed by atoms with van der Waals surface area (Å²) in [6.07, 6.45) is 5.28. The number of hydrogen-bond donors (Lipinski definition) is 2. The Hall–Kier alpha value is -3.14. The topological polar surface area (TPSA) is 113 Å². The fourth-order valence-electron chi connectivity index (χ4n) is 3.30. The number of nitrogens with two attached hydrogens (primary N) is 1. The number of ether oxygens (including phenoxy) is 2. The van der Waals surface area contributed by atoms with Crippen molar-refractivity contribution in [2.75, 3.05) is 18.8 Å². The van der Waals surface area contributed by atoms with Gasteiger partial charge in [-0.3, -0.25) is 0 Å². The van der Waals surface area contributed by atoms with Gasteiger partial charge in [-0.1, -0.05) is 25.1 Å². The highest BCUT2D eigenvalue weighted by Crippen LogP contribution is 2.44. The molecule has 0 amide bonds. The average molecular weight is 412 g/mol. The first-order valence-corrected chi connectivity index (χ1v) is 10.2. The number of imidazole rings is 1. The van der Waals surface area contributed by atoms with Gasteiger partial charge in [0.1, 0.15) is 30.3 Å². The van der Waals surface area contributed by atoms with E-state index < -0.39 is 0 Å². The van der Waals surface area contributed by atoms with Crippen LogP contribution in [0, 0.1) is 0 Å². The molecule has 3 aromatic rings. The van der Waals surface area contributed by atoms with Crippen LogP contribution in [0.1, 0.15) is 25.5 Å². The molecule has 10 heteroatoms. The maximum Gasteiger partial charge on any atom is 0.231 e. The molecular formula is C19H20N6O3S. The number of rotatable bonds is 6. The van der Waals surface area contributed by atoms with Crippen LogP contribution >= 0.6 is 11.8 Å². The number of fused-ring (bicyclic) bond motifs is 2. The lowest BCUT2D eigenvalue weighted by atomic mass is 10.2. The monoisotopic (exact) mass is 412 g/mol. The second kappa shape index (κ2) is 7.36. The zero-order valence-electron chi connectivity index (χ0n) is 15.8. The van der Waals surface area contributed by atoms with E-state index in [-0.39, 0.29) is 6.79 Å². The third-order valence-corrected chi connectivity index (χ3v) is 5.80. The van der Waals surface area contributed by atoms with E-state index in [1.165, 1.54) is 11.8 Å². The molecule has 2 aromatic heterocycles. The Bertz CT molecular complexity index is 1080. The maximum absolute atomic E-state index is 6.09. The summed E-state index contributed by atoms with van der Waals surface area (Å²) in [6.45, 7) is 3.65. The summed E-state index contributed by atoms with van der Waals surface area (Å²) in [6, 6.07) is 3.83. The highest BCUT2D eigenvalue weighted by molar-refractivity contribution is 7.99. The number of anilines is 1. The molecule has 29 heavy (non-hydrogen) atoms.